The lowest BCUT2D eigenvalue weighted by Gasteiger charge is -2.29. The van der Waals surface area contributed by atoms with Gasteiger partial charge in [-0.3, -0.25) is 0 Å². The molecule has 2 heterocycles. The minimum Gasteiger partial charge on any atom is -0.370 e. The minimum absolute atomic E-state index is 0.681. The van der Waals surface area contributed by atoms with E-state index in [-0.39, 0.29) is 0 Å². The highest BCUT2D eigenvalue weighted by Gasteiger charge is 2.16. The molecule has 0 spiro atoms. The molecule has 0 amide bonds. The number of nitrogens with one attached hydrogen (secondary N) is 2. The van der Waals surface area contributed by atoms with E-state index in [0.29, 0.717) is 5.95 Å². The van der Waals surface area contributed by atoms with Crippen LogP contribution in [-0.2, 0) is 0 Å². The zero-order chi connectivity index (χ0) is 13.0. The zero-order valence-electron chi connectivity index (χ0n) is 11.5. The molecule has 1 fully saturated rings. The Bertz CT molecular complexity index is 385. The largest absolute Gasteiger partial charge is 0.370 e. The number of likely N-dealkylation sites (tertiary alicyclic amines) is 1. The number of aromatic nitrogens is 2. The molecular formula is C13H23N5. The van der Waals surface area contributed by atoms with Crippen molar-refractivity contribution < 1.29 is 0 Å². The Labute approximate surface area is 109 Å². The van der Waals surface area contributed by atoms with Gasteiger partial charge in [-0.1, -0.05) is 0 Å². The van der Waals surface area contributed by atoms with Gasteiger partial charge in [0.2, 0.25) is 5.95 Å². The van der Waals surface area contributed by atoms with Crippen LogP contribution < -0.4 is 10.6 Å². The van der Waals surface area contributed by atoms with Crippen LogP contribution in [0.15, 0.2) is 6.07 Å². The fourth-order valence-corrected chi connectivity index (χ4v) is 2.29. The van der Waals surface area contributed by atoms with Gasteiger partial charge in [0.05, 0.1) is 0 Å². The second-order valence-electron chi connectivity index (χ2n) is 5.10. The molecular weight excluding hydrogens is 226 g/mol. The number of hydrogen-bond donors (Lipinski definition) is 2. The maximum atomic E-state index is 4.41. The Hall–Kier alpha value is -1.36. The molecule has 0 saturated carbocycles. The van der Waals surface area contributed by atoms with Gasteiger partial charge in [-0.2, -0.15) is 4.98 Å². The summed E-state index contributed by atoms with van der Waals surface area (Å²) in [4.78, 5) is 11.1. The summed E-state index contributed by atoms with van der Waals surface area (Å²) in [6, 6.07) is 2.00. The molecule has 0 atom stereocenters. The second kappa shape index (κ2) is 6.00. The Morgan fingerprint density at radius 1 is 1.33 bits per heavy atom. The quantitative estimate of drug-likeness (QED) is 0.848. The molecule has 0 unspecified atom stereocenters. The number of aryl methyl sites for hydroxylation is 1. The van der Waals surface area contributed by atoms with Crippen LogP contribution in [0.2, 0.25) is 0 Å². The fourth-order valence-electron chi connectivity index (χ4n) is 2.29. The first kappa shape index (κ1) is 13.1. The van der Waals surface area contributed by atoms with Crippen molar-refractivity contribution in [1.29, 1.82) is 0 Å². The summed E-state index contributed by atoms with van der Waals surface area (Å²) in [5.74, 6) is 2.36. The number of piperidine rings is 1. The minimum atomic E-state index is 0.681. The standard InChI is InChI=1S/C13H23N5/c1-10-8-12(17-13(14-2)16-10)15-9-11-4-6-18(3)7-5-11/h8,11H,4-7,9H2,1-3H3,(H2,14,15,16,17). The third kappa shape index (κ3) is 3.57. The van der Waals surface area contributed by atoms with Gasteiger partial charge in [0, 0.05) is 25.4 Å². The smallest absolute Gasteiger partial charge is 0.224 e. The van der Waals surface area contributed by atoms with Crippen molar-refractivity contribution in [2.75, 3.05) is 44.4 Å². The van der Waals surface area contributed by atoms with Gasteiger partial charge in [0.1, 0.15) is 5.82 Å². The summed E-state index contributed by atoms with van der Waals surface area (Å²) < 4.78 is 0. The van der Waals surface area contributed by atoms with Crippen molar-refractivity contribution in [3.05, 3.63) is 11.8 Å². The predicted molar refractivity (Wildman–Crippen MR) is 75.0 cm³/mol. The van der Waals surface area contributed by atoms with Gasteiger partial charge >= 0.3 is 0 Å². The average molecular weight is 249 g/mol. The van der Waals surface area contributed by atoms with E-state index in [1.807, 2.05) is 20.0 Å². The van der Waals surface area contributed by atoms with Gasteiger partial charge in [-0.25, -0.2) is 4.98 Å². The molecule has 2 N–H and O–H groups in total. The van der Waals surface area contributed by atoms with E-state index in [0.717, 1.165) is 24.0 Å². The van der Waals surface area contributed by atoms with Crippen LogP contribution in [0.5, 0.6) is 0 Å². The highest BCUT2D eigenvalue weighted by atomic mass is 15.1. The summed E-state index contributed by atoms with van der Waals surface area (Å²) in [5.41, 5.74) is 0.986. The van der Waals surface area contributed by atoms with E-state index in [4.69, 9.17) is 0 Å². The molecule has 0 aromatic carbocycles. The molecule has 2 rings (SSSR count). The molecule has 5 heteroatoms. The molecule has 18 heavy (non-hydrogen) atoms. The normalized spacial score (nSPS) is 17.7. The van der Waals surface area contributed by atoms with E-state index in [2.05, 4.69) is 32.5 Å². The lowest BCUT2D eigenvalue weighted by molar-refractivity contribution is 0.226. The number of nitrogens with zero attached hydrogens (tertiary/aromatic N) is 3. The SMILES string of the molecule is CNc1nc(C)cc(NCC2CCN(C)CC2)n1. The summed E-state index contributed by atoms with van der Waals surface area (Å²) in [5, 5.41) is 6.42. The van der Waals surface area contributed by atoms with Crippen molar-refractivity contribution in [3.8, 4) is 0 Å². The summed E-state index contributed by atoms with van der Waals surface area (Å²) in [7, 11) is 4.03. The molecule has 0 radical (unpaired) electrons. The molecule has 100 valence electrons. The summed E-state index contributed by atoms with van der Waals surface area (Å²) in [6.07, 6.45) is 2.54. The molecule has 1 aromatic rings. The van der Waals surface area contributed by atoms with Crippen LogP contribution in [0.4, 0.5) is 11.8 Å². The Kier molecular flexibility index (Phi) is 4.36. The van der Waals surface area contributed by atoms with Crippen LogP contribution >= 0.6 is 0 Å². The topological polar surface area (TPSA) is 53.1 Å². The van der Waals surface area contributed by atoms with Crippen LogP contribution in [0.3, 0.4) is 0 Å². The molecule has 1 aliphatic heterocycles. The Morgan fingerprint density at radius 3 is 2.72 bits per heavy atom. The maximum absolute atomic E-state index is 4.41. The lowest BCUT2D eigenvalue weighted by atomic mass is 9.97. The summed E-state index contributed by atoms with van der Waals surface area (Å²) >= 11 is 0. The van der Waals surface area contributed by atoms with Crippen molar-refractivity contribution in [1.82, 2.24) is 14.9 Å². The van der Waals surface area contributed by atoms with Crippen molar-refractivity contribution in [2.24, 2.45) is 5.92 Å². The second-order valence-corrected chi connectivity index (χ2v) is 5.10. The molecule has 1 saturated heterocycles. The molecule has 0 aliphatic carbocycles. The number of anilines is 2. The highest BCUT2D eigenvalue weighted by molar-refractivity contribution is 5.41. The number of rotatable bonds is 4. The first-order valence-electron chi connectivity index (χ1n) is 6.63. The van der Waals surface area contributed by atoms with Crippen molar-refractivity contribution >= 4 is 11.8 Å². The van der Waals surface area contributed by atoms with Crippen LogP contribution in [-0.4, -0.2) is 48.6 Å². The van der Waals surface area contributed by atoms with Gasteiger partial charge < -0.3 is 15.5 Å². The Balaban J connectivity index is 1.88. The number of hydrogen-bond acceptors (Lipinski definition) is 5. The van der Waals surface area contributed by atoms with E-state index < -0.39 is 0 Å². The highest BCUT2D eigenvalue weighted by Crippen LogP contribution is 2.17. The van der Waals surface area contributed by atoms with Crippen LogP contribution in [0.25, 0.3) is 0 Å². The monoisotopic (exact) mass is 249 g/mol. The average Bonchev–Trinajstić information content (AvgIpc) is 2.37. The maximum Gasteiger partial charge on any atom is 0.224 e. The van der Waals surface area contributed by atoms with Crippen molar-refractivity contribution in [3.63, 3.8) is 0 Å². The molecule has 1 aromatic heterocycles. The van der Waals surface area contributed by atoms with Crippen LogP contribution in [0.1, 0.15) is 18.5 Å². The molecule has 5 nitrogen and oxygen atoms in total. The zero-order valence-corrected chi connectivity index (χ0v) is 11.5. The van der Waals surface area contributed by atoms with E-state index in [1.54, 1.807) is 0 Å². The third-order valence-electron chi connectivity index (χ3n) is 3.49. The summed E-state index contributed by atoms with van der Waals surface area (Å²) in [6.45, 7) is 5.41. The first-order chi connectivity index (χ1) is 8.67. The molecule has 0 bridgehead atoms. The van der Waals surface area contributed by atoms with Gasteiger partial charge in [0.25, 0.3) is 0 Å². The van der Waals surface area contributed by atoms with Gasteiger partial charge in [-0.15, -0.1) is 0 Å². The van der Waals surface area contributed by atoms with Gasteiger partial charge in [-0.05, 0) is 45.8 Å². The first-order valence-corrected chi connectivity index (χ1v) is 6.63. The van der Waals surface area contributed by atoms with E-state index >= 15 is 0 Å². The Morgan fingerprint density at radius 2 is 2.06 bits per heavy atom. The van der Waals surface area contributed by atoms with E-state index in [1.165, 1.54) is 25.9 Å². The fraction of sp³-hybridized carbons (Fsp3) is 0.692. The molecule has 1 aliphatic rings. The van der Waals surface area contributed by atoms with E-state index in [9.17, 15) is 0 Å². The third-order valence-corrected chi connectivity index (χ3v) is 3.49. The van der Waals surface area contributed by atoms with Crippen molar-refractivity contribution in [2.45, 2.75) is 19.8 Å². The predicted octanol–water partition coefficient (Wildman–Crippen LogP) is 1.58. The lowest BCUT2D eigenvalue weighted by Crippen LogP contribution is -2.33. The van der Waals surface area contributed by atoms with Gasteiger partial charge in [0.15, 0.2) is 0 Å². The van der Waals surface area contributed by atoms with Crippen LogP contribution in [0, 0.1) is 12.8 Å².